The Kier molecular flexibility index (Phi) is 7.57. The van der Waals surface area contributed by atoms with Crippen molar-refractivity contribution < 1.29 is 14.5 Å². The number of ether oxygens (including phenoxy) is 1. The molecule has 1 N–H and O–H groups in total. The molecule has 1 aromatic heterocycles. The maximum absolute atomic E-state index is 12.9. The Morgan fingerprint density at radius 2 is 1.89 bits per heavy atom. The zero-order chi connectivity index (χ0) is 25.8. The van der Waals surface area contributed by atoms with Crippen molar-refractivity contribution in [1.29, 1.82) is 0 Å². The van der Waals surface area contributed by atoms with Crippen LogP contribution in [0.15, 0.2) is 66.7 Å². The van der Waals surface area contributed by atoms with Crippen molar-refractivity contribution in [3.05, 3.63) is 115 Å². The summed E-state index contributed by atoms with van der Waals surface area (Å²) in [5.41, 5.74) is 3.46. The number of rotatable bonds is 8. The van der Waals surface area contributed by atoms with E-state index in [1.54, 1.807) is 66.2 Å². The Hall–Kier alpha value is -3.88. The SMILES string of the molecule is Cc1ccc(OCc2cccc(C(=O)Nc3cc(C)n(Cc4ccc(Cl)cc4Cl)n3)c2)c([N+](=O)[O-])c1. The molecule has 8 nitrogen and oxygen atoms in total. The van der Waals surface area contributed by atoms with E-state index >= 15 is 0 Å². The number of carbonyl (C=O) groups excluding carboxylic acids is 1. The molecule has 0 unspecified atom stereocenters. The Balaban J connectivity index is 1.43. The van der Waals surface area contributed by atoms with Crippen LogP contribution < -0.4 is 10.1 Å². The lowest BCUT2D eigenvalue weighted by Crippen LogP contribution is -2.13. The van der Waals surface area contributed by atoms with Crippen molar-refractivity contribution >= 4 is 40.6 Å². The second kappa shape index (κ2) is 10.8. The smallest absolute Gasteiger partial charge is 0.311 e. The third-order valence-corrected chi connectivity index (χ3v) is 6.04. The van der Waals surface area contributed by atoms with Gasteiger partial charge in [0.2, 0.25) is 0 Å². The zero-order valence-corrected chi connectivity index (χ0v) is 21.0. The third-order valence-electron chi connectivity index (χ3n) is 5.45. The van der Waals surface area contributed by atoms with Crippen LogP contribution in [-0.4, -0.2) is 20.6 Å². The first-order valence-electron chi connectivity index (χ1n) is 11.0. The number of carbonyl (C=O) groups is 1. The van der Waals surface area contributed by atoms with Crippen molar-refractivity contribution in [3.63, 3.8) is 0 Å². The van der Waals surface area contributed by atoms with Crippen molar-refractivity contribution in [1.82, 2.24) is 9.78 Å². The van der Waals surface area contributed by atoms with Crippen molar-refractivity contribution in [3.8, 4) is 5.75 Å². The lowest BCUT2D eigenvalue weighted by Gasteiger charge is -2.09. The molecule has 0 radical (unpaired) electrons. The molecule has 36 heavy (non-hydrogen) atoms. The highest BCUT2D eigenvalue weighted by Gasteiger charge is 2.16. The second-order valence-corrected chi connectivity index (χ2v) is 9.08. The lowest BCUT2D eigenvalue weighted by atomic mass is 10.1. The topological polar surface area (TPSA) is 99.3 Å². The fourth-order valence-corrected chi connectivity index (χ4v) is 4.05. The average Bonchev–Trinajstić information content (AvgIpc) is 3.18. The minimum absolute atomic E-state index is 0.0700. The number of nitrogens with zero attached hydrogens (tertiary/aromatic N) is 3. The number of hydrogen-bond donors (Lipinski definition) is 1. The molecule has 0 aliphatic rings. The van der Waals surface area contributed by atoms with Gasteiger partial charge in [0.15, 0.2) is 11.6 Å². The number of aromatic nitrogens is 2. The largest absolute Gasteiger partial charge is 0.482 e. The van der Waals surface area contributed by atoms with Crippen molar-refractivity contribution in [2.45, 2.75) is 27.0 Å². The summed E-state index contributed by atoms with van der Waals surface area (Å²) in [6.45, 7) is 4.15. The van der Waals surface area contributed by atoms with Crippen LogP contribution in [0.1, 0.15) is 32.7 Å². The van der Waals surface area contributed by atoms with Gasteiger partial charge in [0, 0.05) is 33.4 Å². The van der Waals surface area contributed by atoms with Gasteiger partial charge in [-0.15, -0.1) is 0 Å². The van der Waals surface area contributed by atoms with E-state index in [4.69, 9.17) is 27.9 Å². The summed E-state index contributed by atoms with van der Waals surface area (Å²) in [5, 5.41) is 19.7. The highest BCUT2D eigenvalue weighted by atomic mass is 35.5. The van der Waals surface area contributed by atoms with Gasteiger partial charge in [0.25, 0.3) is 5.91 Å². The first-order chi connectivity index (χ1) is 17.2. The number of anilines is 1. The predicted molar refractivity (Wildman–Crippen MR) is 139 cm³/mol. The number of hydrogen-bond acceptors (Lipinski definition) is 5. The quantitative estimate of drug-likeness (QED) is 0.207. The van der Waals surface area contributed by atoms with E-state index in [1.807, 2.05) is 13.0 Å². The van der Waals surface area contributed by atoms with Crippen LogP contribution in [0.5, 0.6) is 5.75 Å². The molecular weight excluding hydrogens is 503 g/mol. The van der Waals surface area contributed by atoms with Gasteiger partial charge in [-0.25, -0.2) is 0 Å². The fourth-order valence-electron chi connectivity index (χ4n) is 3.59. The molecule has 1 heterocycles. The van der Waals surface area contributed by atoms with Crippen molar-refractivity contribution in [2.75, 3.05) is 5.32 Å². The number of nitrogens with one attached hydrogen (secondary N) is 1. The van der Waals surface area contributed by atoms with Gasteiger partial charge in [0.05, 0.1) is 11.5 Å². The lowest BCUT2D eigenvalue weighted by molar-refractivity contribution is -0.386. The van der Waals surface area contributed by atoms with Gasteiger partial charge in [-0.1, -0.05) is 47.5 Å². The molecule has 4 rings (SSSR count). The zero-order valence-electron chi connectivity index (χ0n) is 19.5. The summed E-state index contributed by atoms with van der Waals surface area (Å²) >= 11 is 12.2. The van der Waals surface area contributed by atoms with Gasteiger partial charge in [0.1, 0.15) is 6.61 Å². The number of nitro groups is 1. The first kappa shape index (κ1) is 25.2. The molecule has 0 saturated heterocycles. The highest BCUT2D eigenvalue weighted by molar-refractivity contribution is 6.35. The summed E-state index contributed by atoms with van der Waals surface area (Å²) in [4.78, 5) is 23.7. The Morgan fingerprint density at radius 3 is 2.64 bits per heavy atom. The highest BCUT2D eigenvalue weighted by Crippen LogP contribution is 2.28. The Labute approximate surface area is 217 Å². The minimum atomic E-state index is -0.478. The van der Waals surface area contributed by atoms with Gasteiger partial charge in [-0.3, -0.25) is 19.6 Å². The number of benzene rings is 3. The average molecular weight is 525 g/mol. The van der Waals surface area contributed by atoms with Crippen LogP contribution >= 0.6 is 23.2 Å². The maximum atomic E-state index is 12.9. The van der Waals surface area contributed by atoms with Crippen molar-refractivity contribution in [2.24, 2.45) is 0 Å². The van der Waals surface area contributed by atoms with Gasteiger partial charge in [-0.2, -0.15) is 5.10 Å². The van der Waals surface area contributed by atoms with Crippen LogP contribution in [0.3, 0.4) is 0 Å². The third kappa shape index (κ3) is 6.02. The summed E-state index contributed by atoms with van der Waals surface area (Å²) in [7, 11) is 0. The standard InChI is InChI=1S/C26H22Cl2N4O4/c1-16-6-9-24(23(10-16)32(34)35)36-15-18-4-3-5-19(12-18)26(33)29-25-11-17(2)31(30-25)14-20-7-8-21(27)13-22(20)28/h3-13H,14-15H2,1-2H3,(H,29,30,33). The van der Waals surface area contributed by atoms with Crippen LogP contribution in [-0.2, 0) is 13.2 Å². The predicted octanol–water partition coefficient (Wildman–Crippen LogP) is 6.59. The van der Waals surface area contributed by atoms with Crippen LogP contribution in [0.2, 0.25) is 10.0 Å². The monoisotopic (exact) mass is 524 g/mol. The Bertz CT molecular complexity index is 1450. The van der Waals surface area contributed by atoms with E-state index in [0.717, 1.165) is 16.8 Å². The first-order valence-corrected chi connectivity index (χ1v) is 11.7. The van der Waals surface area contributed by atoms with E-state index in [1.165, 1.54) is 6.07 Å². The molecule has 184 valence electrons. The van der Waals surface area contributed by atoms with E-state index in [0.29, 0.717) is 33.5 Å². The summed E-state index contributed by atoms with van der Waals surface area (Å²) in [5.74, 6) is 0.231. The molecular formula is C26H22Cl2N4O4. The summed E-state index contributed by atoms with van der Waals surface area (Å²) in [6.07, 6.45) is 0. The van der Waals surface area contributed by atoms with Gasteiger partial charge < -0.3 is 10.1 Å². The van der Waals surface area contributed by atoms with Crippen LogP contribution in [0.25, 0.3) is 0 Å². The molecule has 0 fully saturated rings. The molecule has 0 saturated carbocycles. The molecule has 0 bridgehead atoms. The van der Waals surface area contributed by atoms with Gasteiger partial charge in [-0.05, 0) is 60.9 Å². The number of amides is 1. The molecule has 3 aromatic carbocycles. The fraction of sp³-hybridized carbons (Fsp3) is 0.154. The number of halogens is 2. The van der Waals surface area contributed by atoms with E-state index in [2.05, 4.69) is 10.4 Å². The number of nitro benzene ring substituents is 1. The van der Waals surface area contributed by atoms with E-state index in [9.17, 15) is 14.9 Å². The number of aryl methyl sites for hydroxylation is 2. The van der Waals surface area contributed by atoms with Crippen LogP contribution in [0.4, 0.5) is 11.5 Å². The van der Waals surface area contributed by atoms with E-state index < -0.39 is 4.92 Å². The van der Waals surface area contributed by atoms with Gasteiger partial charge >= 0.3 is 5.69 Å². The normalized spacial score (nSPS) is 10.8. The molecule has 0 spiro atoms. The molecule has 0 aliphatic carbocycles. The van der Waals surface area contributed by atoms with Crippen LogP contribution in [0, 0.1) is 24.0 Å². The molecule has 0 aliphatic heterocycles. The maximum Gasteiger partial charge on any atom is 0.311 e. The molecule has 4 aromatic rings. The molecule has 10 heteroatoms. The molecule has 0 atom stereocenters. The minimum Gasteiger partial charge on any atom is -0.482 e. The second-order valence-electron chi connectivity index (χ2n) is 8.24. The molecule has 1 amide bonds. The van der Waals surface area contributed by atoms with E-state index in [-0.39, 0.29) is 24.0 Å². The summed E-state index contributed by atoms with van der Waals surface area (Å²) < 4.78 is 7.42. The summed E-state index contributed by atoms with van der Waals surface area (Å²) in [6, 6.07) is 18.7. The Morgan fingerprint density at radius 1 is 1.08 bits per heavy atom.